The number of benzene rings is 1. The van der Waals surface area contributed by atoms with Crippen LogP contribution in [0.5, 0.6) is 0 Å². The van der Waals surface area contributed by atoms with E-state index >= 15 is 0 Å². The molecule has 108 valence electrons. The van der Waals surface area contributed by atoms with Gasteiger partial charge >= 0.3 is 5.97 Å². The normalized spacial score (nSPS) is 23.6. The molecule has 0 saturated carbocycles. The number of fused-ring (bicyclic) bond motifs is 1. The maximum Gasteiger partial charge on any atom is 0.306 e. The summed E-state index contributed by atoms with van der Waals surface area (Å²) in [5.74, 6) is -0.900. The first-order valence-corrected chi connectivity index (χ1v) is 7.26. The van der Waals surface area contributed by atoms with E-state index in [1.54, 1.807) is 0 Å². The van der Waals surface area contributed by atoms with Gasteiger partial charge in [0.25, 0.3) is 0 Å². The molecule has 1 saturated heterocycles. The third kappa shape index (κ3) is 2.34. The monoisotopic (exact) mass is 276 g/mol. The van der Waals surface area contributed by atoms with Gasteiger partial charge in [-0.05, 0) is 24.5 Å². The Labute approximate surface area is 119 Å². The van der Waals surface area contributed by atoms with Crippen molar-refractivity contribution in [3.63, 3.8) is 0 Å². The van der Waals surface area contributed by atoms with Gasteiger partial charge in [0.15, 0.2) is 5.79 Å². The van der Waals surface area contributed by atoms with Gasteiger partial charge in [0.2, 0.25) is 0 Å². The van der Waals surface area contributed by atoms with Crippen molar-refractivity contribution in [2.45, 2.75) is 37.9 Å². The number of rotatable bonds is 3. The zero-order chi connectivity index (χ0) is 14.0. The van der Waals surface area contributed by atoms with Crippen molar-refractivity contribution in [3.8, 4) is 0 Å². The summed E-state index contributed by atoms with van der Waals surface area (Å²) in [6, 6.07) is 8.24. The standard InChI is InChI=1S/C16H20O4/c1-2-18-15(17)11-14-13-6-4-3-5-12(13)7-8-16(14)19-9-10-20-16/h3-6,14H,2,7-11H2,1H3. The predicted molar refractivity (Wildman–Crippen MR) is 73.4 cm³/mol. The Morgan fingerprint density at radius 3 is 2.85 bits per heavy atom. The second-order valence-corrected chi connectivity index (χ2v) is 5.27. The molecule has 0 bridgehead atoms. The lowest BCUT2D eigenvalue weighted by atomic mass is 9.76. The summed E-state index contributed by atoms with van der Waals surface area (Å²) >= 11 is 0. The summed E-state index contributed by atoms with van der Waals surface area (Å²) < 4.78 is 16.9. The number of carbonyl (C=O) groups excluding carboxylic acids is 1. The third-order valence-electron chi connectivity index (χ3n) is 4.16. The van der Waals surface area contributed by atoms with E-state index < -0.39 is 5.79 Å². The lowest BCUT2D eigenvalue weighted by Crippen LogP contribution is -2.42. The molecule has 1 unspecified atom stereocenters. The van der Waals surface area contributed by atoms with Gasteiger partial charge in [0.1, 0.15) is 0 Å². The SMILES string of the molecule is CCOC(=O)CC1c2ccccc2CCC12OCCO2. The molecule has 1 aromatic carbocycles. The van der Waals surface area contributed by atoms with E-state index in [9.17, 15) is 4.79 Å². The Hall–Kier alpha value is -1.39. The molecule has 0 N–H and O–H groups in total. The Bertz CT molecular complexity index is 491. The molecule has 1 heterocycles. The van der Waals surface area contributed by atoms with Gasteiger partial charge in [-0.25, -0.2) is 0 Å². The summed E-state index contributed by atoms with van der Waals surface area (Å²) in [5, 5.41) is 0. The van der Waals surface area contributed by atoms with Gasteiger partial charge in [-0.1, -0.05) is 24.3 Å². The Kier molecular flexibility index (Phi) is 3.76. The minimum absolute atomic E-state index is 0.0750. The third-order valence-corrected chi connectivity index (χ3v) is 4.16. The van der Waals surface area contributed by atoms with E-state index in [1.165, 1.54) is 5.56 Å². The maximum absolute atomic E-state index is 11.9. The summed E-state index contributed by atoms with van der Waals surface area (Å²) in [4.78, 5) is 11.9. The summed E-state index contributed by atoms with van der Waals surface area (Å²) in [7, 11) is 0. The molecular weight excluding hydrogens is 256 g/mol. The smallest absolute Gasteiger partial charge is 0.306 e. The summed E-state index contributed by atoms with van der Waals surface area (Å²) in [6.45, 7) is 3.43. The quantitative estimate of drug-likeness (QED) is 0.795. The van der Waals surface area contributed by atoms with Crippen LogP contribution in [0.25, 0.3) is 0 Å². The second-order valence-electron chi connectivity index (χ2n) is 5.27. The molecule has 3 rings (SSSR count). The van der Waals surface area contributed by atoms with E-state index in [0.717, 1.165) is 18.4 Å². The largest absolute Gasteiger partial charge is 0.466 e. The number of hydrogen-bond acceptors (Lipinski definition) is 4. The van der Waals surface area contributed by atoms with Crippen LogP contribution < -0.4 is 0 Å². The fourth-order valence-corrected chi connectivity index (χ4v) is 3.29. The highest BCUT2D eigenvalue weighted by Gasteiger charge is 2.48. The topological polar surface area (TPSA) is 44.8 Å². The predicted octanol–water partition coefficient (Wildman–Crippen LogP) is 2.41. The molecule has 0 aromatic heterocycles. The Balaban J connectivity index is 1.92. The van der Waals surface area contributed by atoms with Crippen LogP contribution in [0.2, 0.25) is 0 Å². The molecule has 0 radical (unpaired) electrons. The molecular formula is C16H20O4. The van der Waals surface area contributed by atoms with Crippen LogP contribution in [-0.4, -0.2) is 31.6 Å². The highest BCUT2D eigenvalue weighted by Crippen LogP contribution is 2.46. The molecule has 4 heteroatoms. The Morgan fingerprint density at radius 2 is 2.10 bits per heavy atom. The molecule has 2 aliphatic rings. The van der Waals surface area contributed by atoms with E-state index in [2.05, 4.69) is 12.1 Å². The van der Waals surface area contributed by atoms with Crippen molar-refractivity contribution in [2.75, 3.05) is 19.8 Å². The first-order chi connectivity index (χ1) is 9.75. The minimum atomic E-state index is -0.638. The maximum atomic E-state index is 11.9. The average Bonchev–Trinajstić information content (AvgIpc) is 2.92. The van der Waals surface area contributed by atoms with Crippen LogP contribution in [0.15, 0.2) is 24.3 Å². The lowest BCUT2D eigenvalue weighted by molar-refractivity contribution is -0.189. The van der Waals surface area contributed by atoms with Crippen LogP contribution in [0.3, 0.4) is 0 Å². The molecule has 1 aliphatic heterocycles. The van der Waals surface area contributed by atoms with Crippen LogP contribution in [-0.2, 0) is 25.4 Å². The molecule has 1 aliphatic carbocycles. The van der Waals surface area contributed by atoms with Gasteiger partial charge in [0.05, 0.1) is 26.2 Å². The number of aryl methyl sites for hydroxylation is 1. The first-order valence-electron chi connectivity index (χ1n) is 7.26. The van der Waals surface area contributed by atoms with Crippen LogP contribution in [0, 0.1) is 0 Å². The summed E-state index contributed by atoms with van der Waals surface area (Å²) in [5.41, 5.74) is 2.44. The van der Waals surface area contributed by atoms with E-state index in [-0.39, 0.29) is 11.9 Å². The van der Waals surface area contributed by atoms with Crippen LogP contribution >= 0.6 is 0 Å². The molecule has 20 heavy (non-hydrogen) atoms. The van der Waals surface area contributed by atoms with Crippen LogP contribution in [0.1, 0.15) is 36.8 Å². The zero-order valence-electron chi connectivity index (χ0n) is 11.8. The van der Waals surface area contributed by atoms with Crippen molar-refractivity contribution in [1.29, 1.82) is 0 Å². The van der Waals surface area contributed by atoms with Gasteiger partial charge in [-0.15, -0.1) is 0 Å². The van der Waals surface area contributed by atoms with Gasteiger partial charge in [0, 0.05) is 12.3 Å². The molecule has 1 spiro atoms. The fraction of sp³-hybridized carbons (Fsp3) is 0.562. The van der Waals surface area contributed by atoms with Crippen molar-refractivity contribution in [3.05, 3.63) is 35.4 Å². The van der Waals surface area contributed by atoms with Crippen LogP contribution in [0.4, 0.5) is 0 Å². The molecule has 0 amide bonds. The van der Waals surface area contributed by atoms with Crippen molar-refractivity contribution in [1.82, 2.24) is 0 Å². The number of carbonyl (C=O) groups is 1. The zero-order valence-corrected chi connectivity index (χ0v) is 11.8. The van der Waals surface area contributed by atoms with E-state index in [1.807, 2.05) is 19.1 Å². The molecule has 1 fully saturated rings. The number of ether oxygens (including phenoxy) is 3. The molecule has 1 aromatic rings. The fourth-order valence-electron chi connectivity index (χ4n) is 3.29. The summed E-state index contributed by atoms with van der Waals surface area (Å²) in [6.07, 6.45) is 2.04. The van der Waals surface area contributed by atoms with Crippen molar-refractivity contribution in [2.24, 2.45) is 0 Å². The highest BCUT2D eigenvalue weighted by molar-refractivity contribution is 5.71. The van der Waals surface area contributed by atoms with Gasteiger partial charge in [-0.2, -0.15) is 0 Å². The first kappa shape index (κ1) is 13.6. The molecule has 1 atom stereocenters. The Morgan fingerprint density at radius 1 is 1.35 bits per heavy atom. The van der Waals surface area contributed by atoms with Crippen molar-refractivity contribution < 1.29 is 19.0 Å². The minimum Gasteiger partial charge on any atom is -0.466 e. The average molecular weight is 276 g/mol. The van der Waals surface area contributed by atoms with Crippen molar-refractivity contribution >= 4 is 5.97 Å². The molecule has 4 nitrogen and oxygen atoms in total. The lowest BCUT2D eigenvalue weighted by Gasteiger charge is -2.40. The van der Waals surface area contributed by atoms with E-state index in [0.29, 0.717) is 26.2 Å². The number of hydrogen-bond donors (Lipinski definition) is 0. The van der Waals surface area contributed by atoms with Gasteiger partial charge < -0.3 is 14.2 Å². The highest BCUT2D eigenvalue weighted by atomic mass is 16.7. The number of esters is 1. The second kappa shape index (κ2) is 5.54. The van der Waals surface area contributed by atoms with Gasteiger partial charge in [-0.3, -0.25) is 4.79 Å². The van der Waals surface area contributed by atoms with E-state index in [4.69, 9.17) is 14.2 Å².